The van der Waals surface area contributed by atoms with Crippen molar-refractivity contribution >= 4 is 29.2 Å². The Hall–Kier alpha value is -2.60. The van der Waals surface area contributed by atoms with Gasteiger partial charge in [0.15, 0.2) is 18.4 Å². The molecule has 114 valence electrons. The van der Waals surface area contributed by atoms with Gasteiger partial charge in [0.1, 0.15) is 5.75 Å². The smallest absolute Gasteiger partial charge is 0.344 e. The molecule has 0 unspecified atom stereocenters. The van der Waals surface area contributed by atoms with Crippen LogP contribution in [0.15, 0.2) is 48.7 Å². The Kier molecular flexibility index (Phi) is 5.73. The molecule has 0 aliphatic heterocycles. The van der Waals surface area contributed by atoms with Crippen molar-refractivity contribution in [3.8, 4) is 5.75 Å². The highest BCUT2D eigenvalue weighted by molar-refractivity contribution is 6.32. The first-order valence-electron chi connectivity index (χ1n) is 6.39. The number of benzene rings is 1. The highest BCUT2D eigenvalue weighted by Crippen LogP contribution is 2.17. The normalized spacial score (nSPS) is 9.86. The monoisotopic (exact) mass is 320 g/mol. The predicted octanol–water partition coefficient (Wildman–Crippen LogP) is 2.30. The van der Waals surface area contributed by atoms with Gasteiger partial charge in [0.25, 0.3) is 5.91 Å². The van der Waals surface area contributed by atoms with Crippen LogP contribution in [-0.2, 0) is 14.3 Å². The fraction of sp³-hybridized carbons (Fsp3) is 0.133. The number of amides is 1. The maximum absolute atomic E-state index is 11.6. The summed E-state index contributed by atoms with van der Waals surface area (Å²) in [4.78, 5) is 26.9. The molecule has 1 aromatic carbocycles. The molecule has 0 atom stereocenters. The van der Waals surface area contributed by atoms with E-state index in [0.29, 0.717) is 11.4 Å². The molecule has 0 saturated heterocycles. The molecule has 0 saturated carbocycles. The van der Waals surface area contributed by atoms with Gasteiger partial charge in [-0.2, -0.15) is 0 Å². The molecule has 0 aliphatic carbocycles. The number of rotatable bonds is 6. The second kappa shape index (κ2) is 7.99. The Morgan fingerprint density at radius 3 is 2.59 bits per heavy atom. The summed E-state index contributed by atoms with van der Waals surface area (Å²) in [5.41, 5.74) is 0.353. The van der Waals surface area contributed by atoms with Crippen LogP contribution in [0.4, 0.5) is 5.69 Å². The van der Waals surface area contributed by atoms with Gasteiger partial charge in [-0.3, -0.25) is 4.79 Å². The SMILES string of the molecule is O=C(COC(=O)COc1ccccc1)Nc1cccnc1Cl. The molecule has 0 radical (unpaired) electrons. The molecule has 0 bridgehead atoms. The number of aromatic nitrogens is 1. The second-order valence-electron chi connectivity index (χ2n) is 4.15. The summed E-state index contributed by atoms with van der Waals surface area (Å²) < 4.78 is 10.00. The third kappa shape index (κ3) is 5.06. The van der Waals surface area contributed by atoms with E-state index >= 15 is 0 Å². The van der Waals surface area contributed by atoms with Crippen LogP contribution in [0.5, 0.6) is 5.75 Å². The third-order valence-electron chi connectivity index (χ3n) is 2.50. The Balaban J connectivity index is 1.72. The van der Waals surface area contributed by atoms with Crippen molar-refractivity contribution in [2.75, 3.05) is 18.5 Å². The topological polar surface area (TPSA) is 77.5 Å². The number of pyridine rings is 1. The molecule has 2 rings (SSSR count). The number of nitrogens with one attached hydrogen (secondary N) is 1. The molecular formula is C15H13ClN2O4. The number of carbonyl (C=O) groups is 2. The van der Waals surface area contributed by atoms with Crippen molar-refractivity contribution in [2.24, 2.45) is 0 Å². The molecule has 1 amide bonds. The average Bonchev–Trinajstić information content (AvgIpc) is 2.54. The Morgan fingerprint density at radius 1 is 1.09 bits per heavy atom. The number of carbonyl (C=O) groups excluding carboxylic acids is 2. The predicted molar refractivity (Wildman–Crippen MR) is 80.8 cm³/mol. The van der Waals surface area contributed by atoms with Crippen LogP contribution in [0, 0.1) is 0 Å². The van der Waals surface area contributed by atoms with Crippen LogP contribution in [0.2, 0.25) is 5.15 Å². The van der Waals surface area contributed by atoms with E-state index in [4.69, 9.17) is 21.1 Å². The quantitative estimate of drug-likeness (QED) is 0.652. The first-order chi connectivity index (χ1) is 10.6. The van der Waals surface area contributed by atoms with Crippen molar-refractivity contribution < 1.29 is 19.1 Å². The Labute approximate surface area is 132 Å². The largest absolute Gasteiger partial charge is 0.482 e. The van der Waals surface area contributed by atoms with Crippen LogP contribution in [0.3, 0.4) is 0 Å². The van der Waals surface area contributed by atoms with E-state index in [9.17, 15) is 9.59 Å². The fourth-order valence-corrected chi connectivity index (χ4v) is 1.68. The standard InChI is InChI=1S/C15H13ClN2O4/c16-15-12(7-4-8-17-15)18-13(19)9-22-14(20)10-21-11-5-2-1-3-6-11/h1-8H,9-10H2,(H,18,19). The molecule has 0 aliphatic rings. The summed E-state index contributed by atoms with van der Waals surface area (Å²) in [6.45, 7) is -0.701. The number of ether oxygens (including phenoxy) is 2. The maximum Gasteiger partial charge on any atom is 0.344 e. The molecule has 6 nitrogen and oxygen atoms in total. The number of anilines is 1. The summed E-state index contributed by atoms with van der Waals surface area (Å²) >= 11 is 5.79. The van der Waals surface area contributed by atoms with Gasteiger partial charge >= 0.3 is 5.97 Å². The molecular weight excluding hydrogens is 308 g/mol. The van der Waals surface area contributed by atoms with Gasteiger partial charge in [-0.05, 0) is 24.3 Å². The van der Waals surface area contributed by atoms with E-state index in [1.165, 1.54) is 6.20 Å². The Morgan fingerprint density at radius 2 is 1.86 bits per heavy atom. The summed E-state index contributed by atoms with van der Waals surface area (Å²) in [5, 5.41) is 2.65. The lowest BCUT2D eigenvalue weighted by Crippen LogP contribution is -2.23. The number of para-hydroxylation sites is 1. The van der Waals surface area contributed by atoms with Gasteiger partial charge < -0.3 is 14.8 Å². The van der Waals surface area contributed by atoms with Crippen LogP contribution in [0.25, 0.3) is 0 Å². The van der Waals surface area contributed by atoms with E-state index < -0.39 is 18.5 Å². The molecule has 22 heavy (non-hydrogen) atoms. The number of halogens is 1. The summed E-state index contributed by atoms with van der Waals surface area (Å²) in [5.74, 6) is -0.606. The number of hydrogen-bond donors (Lipinski definition) is 1. The zero-order chi connectivity index (χ0) is 15.8. The van der Waals surface area contributed by atoms with E-state index in [2.05, 4.69) is 10.3 Å². The van der Waals surface area contributed by atoms with Crippen LogP contribution in [0.1, 0.15) is 0 Å². The maximum atomic E-state index is 11.6. The lowest BCUT2D eigenvalue weighted by Gasteiger charge is -2.08. The van der Waals surface area contributed by atoms with Crippen molar-refractivity contribution in [1.82, 2.24) is 4.98 Å². The molecule has 7 heteroatoms. The minimum atomic E-state index is -0.642. The van der Waals surface area contributed by atoms with Gasteiger partial charge in [0.05, 0.1) is 5.69 Å². The van der Waals surface area contributed by atoms with E-state index in [-0.39, 0.29) is 11.8 Å². The zero-order valence-electron chi connectivity index (χ0n) is 11.5. The van der Waals surface area contributed by atoms with E-state index in [1.807, 2.05) is 6.07 Å². The van der Waals surface area contributed by atoms with Gasteiger partial charge in [0.2, 0.25) is 0 Å². The minimum absolute atomic E-state index is 0.162. The van der Waals surface area contributed by atoms with Crippen molar-refractivity contribution in [3.05, 3.63) is 53.8 Å². The van der Waals surface area contributed by atoms with Gasteiger partial charge in [-0.15, -0.1) is 0 Å². The molecule has 1 N–H and O–H groups in total. The van der Waals surface area contributed by atoms with E-state index in [1.54, 1.807) is 36.4 Å². The summed E-state index contributed by atoms with van der Waals surface area (Å²) in [6, 6.07) is 12.0. The molecule has 1 heterocycles. The first kappa shape index (κ1) is 15.8. The van der Waals surface area contributed by atoms with Crippen LogP contribution >= 0.6 is 11.6 Å². The average molecular weight is 321 g/mol. The summed E-state index contributed by atoms with van der Waals surface area (Å²) in [7, 11) is 0. The second-order valence-corrected chi connectivity index (χ2v) is 4.51. The lowest BCUT2D eigenvalue weighted by atomic mass is 10.3. The van der Waals surface area contributed by atoms with Gasteiger partial charge in [-0.25, -0.2) is 9.78 Å². The van der Waals surface area contributed by atoms with Crippen LogP contribution < -0.4 is 10.1 Å². The van der Waals surface area contributed by atoms with Gasteiger partial charge in [-0.1, -0.05) is 29.8 Å². The van der Waals surface area contributed by atoms with Crippen molar-refractivity contribution in [3.63, 3.8) is 0 Å². The Bertz CT molecular complexity index is 649. The number of nitrogens with zero attached hydrogens (tertiary/aromatic N) is 1. The number of hydrogen-bond acceptors (Lipinski definition) is 5. The van der Waals surface area contributed by atoms with Crippen molar-refractivity contribution in [1.29, 1.82) is 0 Å². The first-order valence-corrected chi connectivity index (χ1v) is 6.77. The number of esters is 1. The van der Waals surface area contributed by atoms with Crippen LogP contribution in [-0.4, -0.2) is 30.1 Å². The highest BCUT2D eigenvalue weighted by Gasteiger charge is 2.10. The fourth-order valence-electron chi connectivity index (χ4n) is 1.51. The highest BCUT2D eigenvalue weighted by atomic mass is 35.5. The molecule has 0 fully saturated rings. The van der Waals surface area contributed by atoms with Gasteiger partial charge in [0, 0.05) is 6.20 Å². The molecule has 0 spiro atoms. The molecule has 1 aromatic heterocycles. The third-order valence-corrected chi connectivity index (χ3v) is 2.80. The van der Waals surface area contributed by atoms with E-state index in [0.717, 1.165) is 0 Å². The van der Waals surface area contributed by atoms with Crippen molar-refractivity contribution in [2.45, 2.75) is 0 Å². The molecule has 2 aromatic rings. The summed E-state index contributed by atoms with van der Waals surface area (Å²) in [6.07, 6.45) is 1.50. The minimum Gasteiger partial charge on any atom is -0.482 e. The zero-order valence-corrected chi connectivity index (χ0v) is 12.2. The lowest BCUT2D eigenvalue weighted by molar-refractivity contribution is -0.149.